The van der Waals surface area contributed by atoms with E-state index in [-0.39, 0.29) is 12.5 Å². The van der Waals surface area contributed by atoms with E-state index < -0.39 is 0 Å². The number of carbonyl (C=O) groups is 1. The van der Waals surface area contributed by atoms with Gasteiger partial charge in [0.15, 0.2) is 6.61 Å². The lowest BCUT2D eigenvalue weighted by Gasteiger charge is -2.11. The van der Waals surface area contributed by atoms with Crippen LogP contribution in [0.15, 0.2) is 47.2 Å². The summed E-state index contributed by atoms with van der Waals surface area (Å²) >= 11 is 3.42. The summed E-state index contributed by atoms with van der Waals surface area (Å²) in [4.78, 5) is 20.5. The Labute approximate surface area is 148 Å². The molecule has 1 aromatic heterocycles. The number of halogens is 1. The van der Waals surface area contributed by atoms with Crippen LogP contribution in [-0.4, -0.2) is 22.5 Å². The molecule has 1 amide bonds. The molecule has 5 nitrogen and oxygen atoms in total. The Hall–Kier alpha value is -2.47. The van der Waals surface area contributed by atoms with E-state index in [0.29, 0.717) is 5.88 Å². The van der Waals surface area contributed by atoms with Crippen LogP contribution in [0.5, 0.6) is 5.88 Å². The molecule has 0 atom stereocenters. The molecule has 0 saturated carbocycles. The van der Waals surface area contributed by atoms with E-state index >= 15 is 0 Å². The quantitative estimate of drug-likeness (QED) is 0.736. The Balaban J connectivity index is 1.73. The zero-order chi connectivity index (χ0) is 17.1. The molecule has 0 spiro atoms. The molecule has 3 aromatic rings. The van der Waals surface area contributed by atoms with Crippen molar-refractivity contribution in [2.24, 2.45) is 0 Å². The maximum Gasteiger partial charge on any atom is 0.262 e. The third-order valence-electron chi connectivity index (χ3n) is 3.78. The number of aryl methyl sites for hydroxylation is 1. The SMILES string of the molecule is Cc1cccc(NC(=O)COc2ncnc3ccc(Br)cc23)c1C. The minimum Gasteiger partial charge on any atom is -0.467 e. The van der Waals surface area contributed by atoms with Gasteiger partial charge in [0, 0.05) is 10.2 Å². The first-order valence-corrected chi connectivity index (χ1v) is 8.23. The van der Waals surface area contributed by atoms with Crippen LogP contribution in [0.3, 0.4) is 0 Å². The van der Waals surface area contributed by atoms with Gasteiger partial charge < -0.3 is 10.1 Å². The van der Waals surface area contributed by atoms with Gasteiger partial charge in [0.1, 0.15) is 6.33 Å². The van der Waals surface area contributed by atoms with Crippen molar-refractivity contribution >= 4 is 38.4 Å². The molecular formula is C18H16BrN3O2. The fourth-order valence-corrected chi connectivity index (χ4v) is 2.69. The lowest BCUT2D eigenvalue weighted by atomic mass is 10.1. The first-order valence-electron chi connectivity index (χ1n) is 7.44. The van der Waals surface area contributed by atoms with Gasteiger partial charge >= 0.3 is 0 Å². The molecular weight excluding hydrogens is 370 g/mol. The molecule has 0 aliphatic heterocycles. The van der Waals surface area contributed by atoms with Crippen LogP contribution in [0.2, 0.25) is 0 Å². The summed E-state index contributed by atoms with van der Waals surface area (Å²) < 4.78 is 6.49. The molecule has 3 rings (SSSR count). The predicted molar refractivity (Wildman–Crippen MR) is 97.3 cm³/mol. The molecule has 6 heteroatoms. The maximum absolute atomic E-state index is 12.2. The van der Waals surface area contributed by atoms with Crippen LogP contribution in [0.4, 0.5) is 5.69 Å². The first-order chi connectivity index (χ1) is 11.5. The van der Waals surface area contributed by atoms with E-state index in [0.717, 1.165) is 32.2 Å². The second kappa shape index (κ2) is 6.97. The molecule has 0 aliphatic carbocycles. The maximum atomic E-state index is 12.2. The number of nitrogens with one attached hydrogen (secondary N) is 1. The number of amides is 1. The van der Waals surface area contributed by atoms with Crippen molar-refractivity contribution in [3.05, 3.63) is 58.3 Å². The lowest BCUT2D eigenvalue weighted by Crippen LogP contribution is -2.21. The molecule has 0 unspecified atom stereocenters. The molecule has 0 aliphatic rings. The van der Waals surface area contributed by atoms with Gasteiger partial charge in [-0.2, -0.15) is 0 Å². The minimum absolute atomic E-state index is 0.119. The highest BCUT2D eigenvalue weighted by Crippen LogP contribution is 2.25. The molecule has 0 fully saturated rings. The fourth-order valence-electron chi connectivity index (χ4n) is 2.33. The molecule has 1 heterocycles. The summed E-state index contributed by atoms with van der Waals surface area (Å²) in [6.45, 7) is 3.86. The summed E-state index contributed by atoms with van der Waals surface area (Å²) in [6.07, 6.45) is 1.42. The predicted octanol–water partition coefficient (Wildman–Crippen LogP) is 4.03. The summed E-state index contributed by atoms with van der Waals surface area (Å²) in [6, 6.07) is 11.4. The van der Waals surface area contributed by atoms with Crippen LogP contribution >= 0.6 is 15.9 Å². The van der Waals surface area contributed by atoms with Crippen LogP contribution < -0.4 is 10.1 Å². The normalized spacial score (nSPS) is 10.6. The summed E-state index contributed by atoms with van der Waals surface area (Å²) in [5.74, 6) is 0.155. The van der Waals surface area contributed by atoms with Crippen LogP contribution in [0.1, 0.15) is 11.1 Å². The van der Waals surface area contributed by atoms with Gasteiger partial charge in [-0.1, -0.05) is 28.1 Å². The number of nitrogens with zero attached hydrogens (tertiary/aromatic N) is 2. The van der Waals surface area contributed by atoms with E-state index in [4.69, 9.17) is 4.74 Å². The highest BCUT2D eigenvalue weighted by atomic mass is 79.9. The Bertz CT molecular complexity index is 912. The largest absolute Gasteiger partial charge is 0.467 e. The number of aromatic nitrogens is 2. The Kier molecular flexibility index (Phi) is 4.76. The van der Waals surface area contributed by atoms with Crippen LogP contribution in [0, 0.1) is 13.8 Å². The number of hydrogen-bond acceptors (Lipinski definition) is 4. The van der Waals surface area contributed by atoms with E-state index in [9.17, 15) is 4.79 Å². The van der Waals surface area contributed by atoms with Crippen LogP contribution in [-0.2, 0) is 4.79 Å². The van der Waals surface area contributed by atoms with Gasteiger partial charge in [-0.15, -0.1) is 0 Å². The highest BCUT2D eigenvalue weighted by molar-refractivity contribution is 9.10. The number of hydrogen-bond donors (Lipinski definition) is 1. The topological polar surface area (TPSA) is 64.1 Å². The van der Waals surface area contributed by atoms with E-state index in [1.165, 1.54) is 6.33 Å². The van der Waals surface area contributed by atoms with Gasteiger partial charge in [-0.25, -0.2) is 9.97 Å². The average Bonchev–Trinajstić information content (AvgIpc) is 2.57. The molecule has 0 saturated heterocycles. The number of ether oxygens (including phenoxy) is 1. The molecule has 2 aromatic carbocycles. The smallest absolute Gasteiger partial charge is 0.262 e. The molecule has 1 N–H and O–H groups in total. The zero-order valence-corrected chi connectivity index (χ0v) is 14.9. The fraction of sp³-hybridized carbons (Fsp3) is 0.167. The number of fused-ring (bicyclic) bond motifs is 1. The van der Waals surface area contributed by atoms with Crippen molar-refractivity contribution in [3.8, 4) is 5.88 Å². The molecule has 122 valence electrons. The number of rotatable bonds is 4. The third kappa shape index (κ3) is 3.54. The Morgan fingerprint density at radius 1 is 1.21 bits per heavy atom. The average molecular weight is 386 g/mol. The van der Waals surface area contributed by atoms with Crippen molar-refractivity contribution < 1.29 is 9.53 Å². The molecule has 0 radical (unpaired) electrons. The summed E-state index contributed by atoms with van der Waals surface area (Å²) in [5, 5.41) is 3.62. The van der Waals surface area contributed by atoms with E-state index in [1.54, 1.807) is 0 Å². The Morgan fingerprint density at radius 2 is 2.04 bits per heavy atom. The second-order valence-electron chi connectivity index (χ2n) is 5.42. The van der Waals surface area contributed by atoms with Gasteiger partial charge in [0.2, 0.25) is 5.88 Å². The van der Waals surface area contributed by atoms with E-state index in [2.05, 4.69) is 31.2 Å². The monoisotopic (exact) mass is 385 g/mol. The molecule has 0 bridgehead atoms. The highest BCUT2D eigenvalue weighted by Gasteiger charge is 2.10. The van der Waals surface area contributed by atoms with Gasteiger partial charge in [0.25, 0.3) is 5.91 Å². The summed E-state index contributed by atoms with van der Waals surface area (Å²) in [7, 11) is 0. The second-order valence-corrected chi connectivity index (χ2v) is 6.34. The minimum atomic E-state index is -0.231. The van der Waals surface area contributed by atoms with Crippen LogP contribution in [0.25, 0.3) is 10.9 Å². The van der Waals surface area contributed by atoms with Gasteiger partial charge in [-0.3, -0.25) is 4.79 Å². The number of anilines is 1. The van der Waals surface area contributed by atoms with Gasteiger partial charge in [0.05, 0.1) is 10.9 Å². The van der Waals surface area contributed by atoms with Crippen molar-refractivity contribution in [1.82, 2.24) is 9.97 Å². The van der Waals surface area contributed by atoms with Crippen molar-refractivity contribution in [2.75, 3.05) is 11.9 Å². The first kappa shape index (κ1) is 16.4. The van der Waals surface area contributed by atoms with E-state index in [1.807, 2.05) is 50.2 Å². The lowest BCUT2D eigenvalue weighted by molar-refractivity contribution is -0.118. The standard InChI is InChI=1S/C18H16BrN3O2/c1-11-4-3-5-15(12(11)2)22-17(23)9-24-18-14-8-13(19)6-7-16(14)20-10-21-18/h3-8,10H,9H2,1-2H3,(H,22,23). The van der Waals surface area contributed by atoms with Gasteiger partial charge in [-0.05, 0) is 49.2 Å². The van der Waals surface area contributed by atoms with Crippen molar-refractivity contribution in [2.45, 2.75) is 13.8 Å². The third-order valence-corrected chi connectivity index (χ3v) is 4.27. The number of carbonyl (C=O) groups excluding carboxylic acids is 1. The Morgan fingerprint density at radius 3 is 2.88 bits per heavy atom. The molecule has 24 heavy (non-hydrogen) atoms. The summed E-state index contributed by atoms with van der Waals surface area (Å²) in [5.41, 5.74) is 3.72. The number of benzene rings is 2. The zero-order valence-electron chi connectivity index (χ0n) is 13.3. The van der Waals surface area contributed by atoms with Crippen molar-refractivity contribution in [1.29, 1.82) is 0 Å². The van der Waals surface area contributed by atoms with Crippen molar-refractivity contribution in [3.63, 3.8) is 0 Å².